The van der Waals surface area contributed by atoms with Gasteiger partial charge in [-0.25, -0.2) is 9.97 Å². The molecule has 1 atom stereocenters. The first-order valence-corrected chi connectivity index (χ1v) is 8.56. The molecule has 0 spiro atoms. The van der Waals surface area contributed by atoms with Crippen molar-refractivity contribution < 1.29 is 14.3 Å². The Labute approximate surface area is 153 Å². The molecule has 1 aliphatic heterocycles. The first-order chi connectivity index (χ1) is 12.5. The number of carbonyl (C=O) groups is 1. The molecule has 26 heavy (non-hydrogen) atoms. The molecule has 0 unspecified atom stereocenters. The Kier molecular flexibility index (Phi) is 5.25. The van der Waals surface area contributed by atoms with Crippen molar-refractivity contribution in [1.29, 1.82) is 0 Å². The molecule has 0 saturated heterocycles. The van der Waals surface area contributed by atoms with Gasteiger partial charge in [-0.1, -0.05) is 6.07 Å². The summed E-state index contributed by atoms with van der Waals surface area (Å²) in [5, 5.41) is 2.97. The van der Waals surface area contributed by atoms with E-state index in [9.17, 15) is 4.79 Å². The Bertz CT molecular complexity index is 807. The smallest absolute Gasteiger partial charge is 0.254 e. The fourth-order valence-corrected chi connectivity index (χ4v) is 2.90. The quantitative estimate of drug-likeness (QED) is 0.881. The van der Waals surface area contributed by atoms with Crippen molar-refractivity contribution in [3.8, 4) is 11.5 Å². The Morgan fingerprint density at radius 2 is 2.23 bits per heavy atom. The van der Waals surface area contributed by atoms with E-state index in [2.05, 4.69) is 15.3 Å². The molecule has 1 amide bonds. The van der Waals surface area contributed by atoms with Gasteiger partial charge in [-0.2, -0.15) is 0 Å². The molecule has 0 bridgehead atoms. The highest BCUT2D eigenvalue weighted by Crippen LogP contribution is 2.30. The molecule has 0 saturated carbocycles. The molecule has 1 aliphatic rings. The van der Waals surface area contributed by atoms with E-state index >= 15 is 0 Å². The summed E-state index contributed by atoms with van der Waals surface area (Å²) in [5.41, 5.74) is 2.29. The third-order valence-electron chi connectivity index (χ3n) is 4.42. The van der Waals surface area contributed by atoms with Crippen LogP contribution in [0.3, 0.4) is 0 Å². The van der Waals surface area contributed by atoms with Crippen molar-refractivity contribution in [3.05, 3.63) is 41.2 Å². The summed E-state index contributed by atoms with van der Waals surface area (Å²) in [6.45, 7) is 2.92. The van der Waals surface area contributed by atoms with Crippen molar-refractivity contribution in [3.63, 3.8) is 0 Å². The molecule has 1 N–H and O–H groups in total. The predicted molar refractivity (Wildman–Crippen MR) is 99.1 cm³/mol. The second-order valence-corrected chi connectivity index (χ2v) is 6.63. The minimum Gasteiger partial charge on any atom is -0.497 e. The lowest BCUT2D eigenvalue weighted by Crippen LogP contribution is -2.35. The Morgan fingerprint density at radius 3 is 2.92 bits per heavy atom. The molecule has 138 valence electrons. The number of carbonyl (C=O) groups excluding carboxylic acids is 1. The van der Waals surface area contributed by atoms with Gasteiger partial charge in [0.05, 0.1) is 25.0 Å². The number of fused-ring (bicyclic) bond motifs is 1. The van der Waals surface area contributed by atoms with Gasteiger partial charge in [-0.15, -0.1) is 0 Å². The number of nitrogens with one attached hydrogen (secondary N) is 1. The molecule has 3 rings (SSSR count). The lowest BCUT2D eigenvalue weighted by Gasteiger charge is -2.26. The van der Waals surface area contributed by atoms with E-state index in [1.807, 2.05) is 39.2 Å². The number of methoxy groups -OCH3 is 1. The minimum absolute atomic E-state index is 0.159. The Balaban J connectivity index is 1.60. The van der Waals surface area contributed by atoms with Gasteiger partial charge in [-0.3, -0.25) is 4.79 Å². The second-order valence-electron chi connectivity index (χ2n) is 6.63. The molecule has 2 heterocycles. The summed E-state index contributed by atoms with van der Waals surface area (Å²) >= 11 is 0. The maximum atomic E-state index is 12.5. The number of ether oxygens (including phenoxy) is 2. The van der Waals surface area contributed by atoms with Crippen LogP contribution in [0.1, 0.15) is 21.6 Å². The summed E-state index contributed by atoms with van der Waals surface area (Å²) in [6.07, 6.45) is 2.43. The van der Waals surface area contributed by atoms with Crippen LogP contribution in [0.5, 0.6) is 11.5 Å². The highest BCUT2D eigenvalue weighted by Gasteiger charge is 2.22. The molecule has 0 radical (unpaired) electrons. The summed E-state index contributed by atoms with van der Waals surface area (Å²) in [4.78, 5) is 22.8. The number of rotatable bonds is 5. The van der Waals surface area contributed by atoms with Gasteiger partial charge in [0, 0.05) is 38.8 Å². The number of anilines is 1. The predicted octanol–water partition coefficient (Wildman–Crippen LogP) is 1.84. The topological polar surface area (TPSA) is 76.6 Å². The number of aromatic nitrogens is 2. The zero-order valence-corrected chi connectivity index (χ0v) is 15.6. The van der Waals surface area contributed by atoms with Gasteiger partial charge in [-0.05, 0) is 25.0 Å². The molecule has 1 aromatic carbocycles. The summed E-state index contributed by atoms with van der Waals surface area (Å²) in [6, 6.07) is 5.84. The number of aryl methyl sites for hydroxylation is 1. The number of hydrogen-bond acceptors (Lipinski definition) is 6. The van der Waals surface area contributed by atoms with Crippen LogP contribution in [0, 0.1) is 12.8 Å². The number of hydrogen-bond donors (Lipinski definition) is 1. The van der Waals surface area contributed by atoms with Crippen LogP contribution in [0.15, 0.2) is 24.4 Å². The van der Waals surface area contributed by atoms with Gasteiger partial charge in [0.15, 0.2) is 0 Å². The Morgan fingerprint density at radius 1 is 1.42 bits per heavy atom. The number of nitrogens with zero attached hydrogens (tertiary/aromatic N) is 3. The average Bonchev–Trinajstić information content (AvgIpc) is 2.65. The van der Waals surface area contributed by atoms with Crippen LogP contribution in [0.2, 0.25) is 0 Å². The standard InChI is InChI=1S/C19H24N4O3/c1-12-16(10-21-19(22-12)23(2)3)18(24)20-9-13-7-14-5-6-15(25-4)8-17(14)26-11-13/h5-6,8,10,13H,7,9,11H2,1-4H3,(H,20,24)/t13-/m0/s1. The molecule has 1 aromatic heterocycles. The molecular formula is C19H24N4O3. The van der Waals surface area contributed by atoms with Crippen LogP contribution >= 0.6 is 0 Å². The zero-order chi connectivity index (χ0) is 18.7. The summed E-state index contributed by atoms with van der Waals surface area (Å²) < 4.78 is 11.0. The van der Waals surface area contributed by atoms with Crippen molar-refractivity contribution in [2.75, 3.05) is 39.3 Å². The van der Waals surface area contributed by atoms with E-state index in [0.717, 1.165) is 23.5 Å². The lowest BCUT2D eigenvalue weighted by molar-refractivity contribution is 0.0937. The summed E-state index contributed by atoms with van der Waals surface area (Å²) in [7, 11) is 5.37. The zero-order valence-electron chi connectivity index (χ0n) is 15.6. The van der Waals surface area contributed by atoms with Crippen molar-refractivity contribution in [2.24, 2.45) is 5.92 Å². The van der Waals surface area contributed by atoms with Crippen LogP contribution < -0.4 is 19.7 Å². The first kappa shape index (κ1) is 18.0. The highest BCUT2D eigenvalue weighted by atomic mass is 16.5. The maximum Gasteiger partial charge on any atom is 0.254 e. The third-order valence-corrected chi connectivity index (χ3v) is 4.42. The van der Waals surface area contributed by atoms with Gasteiger partial charge in [0.25, 0.3) is 5.91 Å². The minimum atomic E-state index is -0.159. The van der Waals surface area contributed by atoms with E-state index in [4.69, 9.17) is 9.47 Å². The van der Waals surface area contributed by atoms with Gasteiger partial charge in [0.2, 0.25) is 5.95 Å². The van der Waals surface area contributed by atoms with E-state index in [0.29, 0.717) is 30.4 Å². The molecule has 2 aromatic rings. The third kappa shape index (κ3) is 3.87. The average molecular weight is 356 g/mol. The van der Waals surface area contributed by atoms with E-state index in [1.54, 1.807) is 18.2 Å². The number of benzene rings is 1. The SMILES string of the molecule is COc1ccc2c(c1)OC[C@H](CNC(=O)c1cnc(N(C)C)nc1C)C2. The summed E-state index contributed by atoms with van der Waals surface area (Å²) in [5.74, 6) is 2.30. The van der Waals surface area contributed by atoms with E-state index in [1.165, 1.54) is 0 Å². The molecule has 0 aliphatic carbocycles. The fourth-order valence-electron chi connectivity index (χ4n) is 2.90. The van der Waals surface area contributed by atoms with E-state index < -0.39 is 0 Å². The second kappa shape index (κ2) is 7.59. The fraction of sp³-hybridized carbons (Fsp3) is 0.421. The normalized spacial score (nSPS) is 15.6. The highest BCUT2D eigenvalue weighted by molar-refractivity contribution is 5.95. The van der Waals surface area contributed by atoms with Crippen molar-refractivity contribution in [1.82, 2.24) is 15.3 Å². The van der Waals surface area contributed by atoms with Gasteiger partial charge in [0.1, 0.15) is 11.5 Å². The molecule has 0 fully saturated rings. The lowest BCUT2D eigenvalue weighted by atomic mass is 9.96. The van der Waals surface area contributed by atoms with Crippen molar-refractivity contribution in [2.45, 2.75) is 13.3 Å². The van der Waals surface area contributed by atoms with Gasteiger partial charge < -0.3 is 19.7 Å². The molecule has 7 heteroatoms. The monoisotopic (exact) mass is 356 g/mol. The largest absolute Gasteiger partial charge is 0.497 e. The molecular weight excluding hydrogens is 332 g/mol. The first-order valence-electron chi connectivity index (χ1n) is 8.56. The van der Waals surface area contributed by atoms with Crippen LogP contribution in [-0.2, 0) is 6.42 Å². The van der Waals surface area contributed by atoms with Crippen LogP contribution in [0.4, 0.5) is 5.95 Å². The number of amides is 1. The van der Waals surface area contributed by atoms with Crippen molar-refractivity contribution >= 4 is 11.9 Å². The molecule has 7 nitrogen and oxygen atoms in total. The van der Waals surface area contributed by atoms with E-state index in [-0.39, 0.29) is 11.8 Å². The van der Waals surface area contributed by atoms with Crippen LogP contribution in [-0.4, -0.2) is 50.2 Å². The van der Waals surface area contributed by atoms with Gasteiger partial charge >= 0.3 is 0 Å². The van der Waals surface area contributed by atoms with Crippen LogP contribution in [0.25, 0.3) is 0 Å². The maximum absolute atomic E-state index is 12.5. The Hall–Kier alpha value is -2.83.